The van der Waals surface area contributed by atoms with Crippen LogP contribution < -0.4 is 10.6 Å². The third kappa shape index (κ3) is 2.14. The molecule has 0 aromatic heterocycles. The van der Waals surface area contributed by atoms with E-state index in [1.54, 1.807) is 0 Å². The molecule has 17 heavy (non-hydrogen) atoms. The Bertz CT molecular complexity index is 409. The molecular formula is C13H16N2OS. The Morgan fingerprint density at radius 3 is 2.82 bits per heavy atom. The lowest BCUT2D eigenvalue weighted by Gasteiger charge is -2.41. The largest absolute Gasteiger partial charge is 0.331 e. The van der Waals surface area contributed by atoms with Crippen LogP contribution in [0.3, 0.4) is 0 Å². The van der Waals surface area contributed by atoms with Gasteiger partial charge < -0.3 is 10.6 Å². The number of hydrogen-bond acceptors (Lipinski definition) is 2. The SMILES string of the molecule is O=C1N[C@H]2SCCC[C@H]2[C@H](c2ccccc2)N1. The molecule has 3 nitrogen and oxygen atoms in total. The van der Waals surface area contributed by atoms with E-state index >= 15 is 0 Å². The Morgan fingerprint density at radius 2 is 2.00 bits per heavy atom. The summed E-state index contributed by atoms with van der Waals surface area (Å²) >= 11 is 1.88. The summed E-state index contributed by atoms with van der Waals surface area (Å²) in [6, 6.07) is 10.4. The van der Waals surface area contributed by atoms with Gasteiger partial charge in [-0.3, -0.25) is 0 Å². The van der Waals surface area contributed by atoms with E-state index in [9.17, 15) is 4.79 Å². The van der Waals surface area contributed by atoms with Crippen molar-refractivity contribution in [3.63, 3.8) is 0 Å². The number of fused-ring (bicyclic) bond motifs is 1. The minimum absolute atomic E-state index is 0.0329. The average molecular weight is 248 g/mol. The monoisotopic (exact) mass is 248 g/mol. The minimum Gasteiger partial charge on any atom is -0.331 e. The lowest BCUT2D eigenvalue weighted by atomic mass is 9.87. The highest BCUT2D eigenvalue weighted by molar-refractivity contribution is 7.99. The van der Waals surface area contributed by atoms with Gasteiger partial charge >= 0.3 is 6.03 Å². The number of urea groups is 1. The predicted octanol–water partition coefficient (Wildman–Crippen LogP) is 2.51. The highest BCUT2D eigenvalue weighted by Crippen LogP contribution is 2.39. The molecule has 0 saturated carbocycles. The molecule has 0 bridgehead atoms. The lowest BCUT2D eigenvalue weighted by molar-refractivity contribution is 0.203. The molecule has 3 rings (SSSR count). The Hall–Kier alpha value is -1.16. The fourth-order valence-corrected chi connectivity index (χ4v) is 4.02. The molecule has 90 valence electrons. The molecule has 0 radical (unpaired) electrons. The molecule has 2 aliphatic heterocycles. The van der Waals surface area contributed by atoms with E-state index in [-0.39, 0.29) is 17.4 Å². The summed E-state index contributed by atoms with van der Waals surface area (Å²) in [7, 11) is 0. The average Bonchev–Trinajstić information content (AvgIpc) is 2.39. The maximum Gasteiger partial charge on any atom is 0.316 e. The number of rotatable bonds is 1. The van der Waals surface area contributed by atoms with Crippen LogP contribution in [0.4, 0.5) is 4.79 Å². The van der Waals surface area contributed by atoms with E-state index in [1.807, 2.05) is 30.0 Å². The van der Waals surface area contributed by atoms with Crippen molar-refractivity contribution in [2.75, 3.05) is 5.75 Å². The van der Waals surface area contributed by atoms with Crippen LogP contribution >= 0.6 is 11.8 Å². The number of amides is 2. The molecule has 2 amide bonds. The zero-order valence-electron chi connectivity index (χ0n) is 9.56. The summed E-state index contributed by atoms with van der Waals surface area (Å²) in [4.78, 5) is 11.7. The first-order valence-electron chi connectivity index (χ1n) is 6.08. The normalized spacial score (nSPS) is 32.2. The van der Waals surface area contributed by atoms with E-state index in [2.05, 4.69) is 22.8 Å². The highest BCUT2D eigenvalue weighted by atomic mass is 32.2. The van der Waals surface area contributed by atoms with Gasteiger partial charge in [-0.2, -0.15) is 0 Å². The van der Waals surface area contributed by atoms with Crippen LogP contribution in [0.25, 0.3) is 0 Å². The third-order valence-corrected chi connectivity index (χ3v) is 4.87. The van der Waals surface area contributed by atoms with Crippen molar-refractivity contribution < 1.29 is 4.79 Å². The van der Waals surface area contributed by atoms with Gasteiger partial charge in [0.2, 0.25) is 0 Å². The summed E-state index contributed by atoms with van der Waals surface area (Å²) in [5.41, 5.74) is 1.22. The van der Waals surface area contributed by atoms with E-state index in [0.29, 0.717) is 5.92 Å². The summed E-state index contributed by atoms with van der Waals surface area (Å²) in [5.74, 6) is 1.66. The van der Waals surface area contributed by atoms with Gasteiger partial charge in [-0.1, -0.05) is 30.3 Å². The van der Waals surface area contributed by atoms with Crippen molar-refractivity contribution in [3.8, 4) is 0 Å². The maximum atomic E-state index is 11.7. The zero-order valence-corrected chi connectivity index (χ0v) is 10.4. The van der Waals surface area contributed by atoms with E-state index in [0.717, 1.165) is 5.75 Å². The van der Waals surface area contributed by atoms with Crippen LogP contribution in [0, 0.1) is 5.92 Å². The Balaban J connectivity index is 1.88. The van der Waals surface area contributed by atoms with Crippen molar-refractivity contribution in [2.24, 2.45) is 5.92 Å². The van der Waals surface area contributed by atoms with Crippen LogP contribution in [0.5, 0.6) is 0 Å². The second-order valence-corrected chi connectivity index (χ2v) is 5.85. The van der Waals surface area contributed by atoms with Crippen LogP contribution in [0.2, 0.25) is 0 Å². The maximum absolute atomic E-state index is 11.7. The van der Waals surface area contributed by atoms with Crippen LogP contribution in [0.15, 0.2) is 30.3 Å². The van der Waals surface area contributed by atoms with Crippen molar-refractivity contribution in [3.05, 3.63) is 35.9 Å². The van der Waals surface area contributed by atoms with E-state index in [1.165, 1.54) is 18.4 Å². The Kier molecular flexibility index (Phi) is 2.97. The lowest BCUT2D eigenvalue weighted by Crippen LogP contribution is -2.56. The van der Waals surface area contributed by atoms with Gasteiger partial charge in [0, 0.05) is 5.92 Å². The Morgan fingerprint density at radius 1 is 1.18 bits per heavy atom. The first kappa shape index (κ1) is 11.0. The highest BCUT2D eigenvalue weighted by Gasteiger charge is 2.38. The van der Waals surface area contributed by atoms with Gasteiger partial charge in [0.25, 0.3) is 0 Å². The number of nitrogens with one attached hydrogen (secondary N) is 2. The second-order valence-electron chi connectivity index (χ2n) is 4.60. The molecule has 4 heteroatoms. The van der Waals surface area contributed by atoms with Crippen molar-refractivity contribution in [2.45, 2.75) is 24.3 Å². The van der Waals surface area contributed by atoms with Crippen LogP contribution in [-0.2, 0) is 0 Å². The van der Waals surface area contributed by atoms with Crippen molar-refractivity contribution in [1.82, 2.24) is 10.6 Å². The number of thioether (sulfide) groups is 1. The smallest absolute Gasteiger partial charge is 0.316 e. The summed E-state index contributed by atoms with van der Waals surface area (Å²) < 4.78 is 0. The molecule has 2 N–H and O–H groups in total. The van der Waals surface area contributed by atoms with Gasteiger partial charge in [-0.25, -0.2) is 4.79 Å². The molecule has 1 aromatic rings. The van der Waals surface area contributed by atoms with Gasteiger partial charge in [-0.05, 0) is 24.2 Å². The third-order valence-electron chi connectivity index (χ3n) is 3.51. The molecule has 1 aromatic carbocycles. The Labute approximate surface area is 105 Å². The molecular weight excluding hydrogens is 232 g/mol. The topological polar surface area (TPSA) is 41.1 Å². The zero-order chi connectivity index (χ0) is 11.7. The van der Waals surface area contributed by atoms with Gasteiger partial charge in [-0.15, -0.1) is 11.8 Å². The summed E-state index contributed by atoms with van der Waals surface area (Å²) in [5, 5.41) is 6.38. The molecule has 0 aliphatic carbocycles. The molecule has 0 unspecified atom stereocenters. The summed E-state index contributed by atoms with van der Waals surface area (Å²) in [6.07, 6.45) is 2.43. The minimum atomic E-state index is -0.0329. The number of hydrogen-bond donors (Lipinski definition) is 2. The van der Waals surface area contributed by atoms with Crippen molar-refractivity contribution >= 4 is 17.8 Å². The molecule has 2 heterocycles. The molecule has 0 spiro atoms. The van der Waals surface area contributed by atoms with E-state index < -0.39 is 0 Å². The van der Waals surface area contributed by atoms with Crippen LogP contribution in [0.1, 0.15) is 24.4 Å². The number of benzene rings is 1. The fourth-order valence-electron chi connectivity index (χ4n) is 2.70. The predicted molar refractivity (Wildman–Crippen MR) is 69.8 cm³/mol. The first-order chi connectivity index (χ1) is 8.34. The van der Waals surface area contributed by atoms with Gasteiger partial charge in [0.1, 0.15) is 0 Å². The summed E-state index contributed by atoms with van der Waals surface area (Å²) in [6.45, 7) is 0. The molecule has 2 saturated heterocycles. The standard InChI is InChI=1S/C13H16N2OS/c16-13-14-11(9-5-2-1-3-6-9)10-7-4-8-17-12(10)15-13/h1-3,5-6,10-12H,4,7-8H2,(H2,14,15,16)/t10-,11-,12-/m0/s1. The fraction of sp³-hybridized carbons (Fsp3) is 0.462. The van der Waals surface area contributed by atoms with Crippen LogP contribution in [-0.4, -0.2) is 17.2 Å². The van der Waals surface area contributed by atoms with E-state index in [4.69, 9.17) is 0 Å². The van der Waals surface area contributed by atoms with Gasteiger partial charge in [0.15, 0.2) is 0 Å². The second kappa shape index (κ2) is 4.61. The van der Waals surface area contributed by atoms with Crippen molar-refractivity contribution in [1.29, 1.82) is 0 Å². The number of carbonyl (C=O) groups is 1. The molecule has 2 fully saturated rings. The van der Waals surface area contributed by atoms with Gasteiger partial charge in [0.05, 0.1) is 11.4 Å². The molecule has 2 aliphatic rings. The first-order valence-corrected chi connectivity index (χ1v) is 7.13. The molecule has 3 atom stereocenters. The quantitative estimate of drug-likeness (QED) is 0.801. The number of carbonyl (C=O) groups excluding carboxylic acids is 1.